The predicted octanol–water partition coefficient (Wildman–Crippen LogP) is 4.93. The lowest BCUT2D eigenvalue weighted by Crippen LogP contribution is -2.04. The number of methoxy groups -OCH3 is 1. The fourth-order valence-corrected chi connectivity index (χ4v) is 2.87. The van der Waals surface area contributed by atoms with E-state index in [2.05, 4.69) is 10.1 Å². The number of aromatic nitrogens is 3. The molecular formula is C18H19F2N3O. The van der Waals surface area contributed by atoms with Crippen molar-refractivity contribution >= 4 is 11.0 Å². The number of alkyl halides is 2. The highest BCUT2D eigenvalue weighted by Gasteiger charge is 2.22. The number of hydrogen-bond donors (Lipinski definition) is 0. The van der Waals surface area contributed by atoms with E-state index >= 15 is 0 Å². The molecular weight excluding hydrogens is 312 g/mol. The number of aryl methyl sites for hydroxylation is 1. The molecule has 126 valence electrons. The summed E-state index contributed by atoms with van der Waals surface area (Å²) >= 11 is 0. The molecule has 0 bridgehead atoms. The molecule has 6 heteroatoms. The summed E-state index contributed by atoms with van der Waals surface area (Å²) in [6, 6.07) is 8.71. The van der Waals surface area contributed by atoms with Crippen LogP contribution in [0.15, 0.2) is 30.3 Å². The van der Waals surface area contributed by atoms with Crippen LogP contribution < -0.4 is 4.74 Å². The third-order valence-corrected chi connectivity index (χ3v) is 3.97. The average molecular weight is 331 g/mol. The van der Waals surface area contributed by atoms with Crippen molar-refractivity contribution in [3.8, 4) is 17.0 Å². The van der Waals surface area contributed by atoms with Crippen LogP contribution in [0.1, 0.15) is 37.6 Å². The Balaban J connectivity index is 2.36. The number of nitrogens with zero attached hydrogens (tertiary/aromatic N) is 3. The number of rotatable bonds is 4. The van der Waals surface area contributed by atoms with Crippen molar-refractivity contribution in [2.75, 3.05) is 7.11 Å². The lowest BCUT2D eigenvalue weighted by Gasteiger charge is -2.12. The lowest BCUT2D eigenvalue weighted by atomic mass is 10.0. The molecule has 4 nitrogen and oxygen atoms in total. The molecule has 24 heavy (non-hydrogen) atoms. The monoisotopic (exact) mass is 331 g/mol. The minimum Gasteiger partial charge on any atom is -0.496 e. The largest absolute Gasteiger partial charge is 0.496 e. The van der Waals surface area contributed by atoms with Crippen molar-refractivity contribution in [2.45, 2.75) is 33.2 Å². The number of fused-ring (bicyclic) bond motifs is 1. The molecule has 0 spiro atoms. The first-order valence-electron chi connectivity index (χ1n) is 7.75. The van der Waals surface area contributed by atoms with Crippen LogP contribution in [0, 0.1) is 6.92 Å². The summed E-state index contributed by atoms with van der Waals surface area (Å²) in [5.41, 5.74) is 2.12. The maximum Gasteiger partial charge on any atom is 0.264 e. The van der Waals surface area contributed by atoms with Gasteiger partial charge in [0.15, 0.2) is 5.65 Å². The van der Waals surface area contributed by atoms with Gasteiger partial charge >= 0.3 is 0 Å². The summed E-state index contributed by atoms with van der Waals surface area (Å²) in [6.45, 7) is 5.63. The van der Waals surface area contributed by atoms with Gasteiger partial charge in [-0.1, -0.05) is 12.1 Å². The quantitative estimate of drug-likeness (QED) is 0.680. The van der Waals surface area contributed by atoms with Crippen LogP contribution in [0.4, 0.5) is 8.78 Å². The summed E-state index contributed by atoms with van der Waals surface area (Å²) in [6.07, 6.45) is -2.60. The molecule has 0 saturated heterocycles. The Morgan fingerprint density at radius 2 is 1.88 bits per heavy atom. The van der Waals surface area contributed by atoms with E-state index in [0.29, 0.717) is 33.7 Å². The third-order valence-electron chi connectivity index (χ3n) is 3.97. The Morgan fingerprint density at radius 1 is 1.17 bits per heavy atom. The second kappa shape index (κ2) is 6.19. The molecule has 0 saturated carbocycles. The van der Waals surface area contributed by atoms with E-state index in [9.17, 15) is 8.78 Å². The SMILES string of the molecule is COc1ccccc1-c1cc(C(F)F)c2c(C)nn(C(C)C)c2n1. The highest BCUT2D eigenvalue weighted by atomic mass is 19.3. The number of pyridine rings is 1. The van der Waals surface area contributed by atoms with Gasteiger partial charge in [0.05, 0.1) is 23.9 Å². The first-order chi connectivity index (χ1) is 11.4. The summed E-state index contributed by atoms with van der Waals surface area (Å²) in [7, 11) is 1.55. The standard InChI is InChI=1S/C18H19F2N3O/c1-10(2)23-18-16(11(3)22-23)13(17(19)20)9-14(21-18)12-7-5-6-8-15(12)24-4/h5-10,17H,1-4H3. The van der Waals surface area contributed by atoms with Crippen molar-refractivity contribution in [3.63, 3.8) is 0 Å². The third kappa shape index (κ3) is 2.62. The van der Waals surface area contributed by atoms with E-state index in [1.54, 1.807) is 24.8 Å². The second-order valence-corrected chi connectivity index (χ2v) is 5.92. The highest BCUT2D eigenvalue weighted by Crippen LogP contribution is 2.36. The number of para-hydroxylation sites is 1. The zero-order valence-corrected chi connectivity index (χ0v) is 14.0. The predicted molar refractivity (Wildman–Crippen MR) is 89.6 cm³/mol. The molecule has 3 rings (SSSR count). The molecule has 0 atom stereocenters. The molecule has 0 radical (unpaired) electrons. The lowest BCUT2D eigenvalue weighted by molar-refractivity contribution is 0.153. The highest BCUT2D eigenvalue weighted by molar-refractivity contribution is 5.86. The maximum absolute atomic E-state index is 13.7. The van der Waals surface area contributed by atoms with Crippen molar-refractivity contribution in [1.29, 1.82) is 0 Å². The van der Waals surface area contributed by atoms with Gasteiger partial charge in [0, 0.05) is 17.2 Å². The Kier molecular flexibility index (Phi) is 4.22. The smallest absolute Gasteiger partial charge is 0.264 e. The number of halogens is 2. The molecule has 0 aliphatic heterocycles. The molecule has 0 fully saturated rings. The molecule has 3 aromatic rings. The minimum absolute atomic E-state index is 0.0205. The first-order valence-corrected chi connectivity index (χ1v) is 7.75. The van der Waals surface area contributed by atoms with E-state index < -0.39 is 6.43 Å². The molecule has 1 aromatic carbocycles. The van der Waals surface area contributed by atoms with E-state index in [0.717, 1.165) is 0 Å². The van der Waals surface area contributed by atoms with E-state index in [-0.39, 0.29) is 11.6 Å². The zero-order valence-electron chi connectivity index (χ0n) is 14.0. The Labute approximate surface area is 139 Å². The van der Waals surface area contributed by atoms with Crippen molar-refractivity contribution in [1.82, 2.24) is 14.8 Å². The number of ether oxygens (including phenoxy) is 1. The van der Waals surface area contributed by atoms with Gasteiger partial charge < -0.3 is 4.74 Å². The molecule has 2 aromatic heterocycles. The summed E-state index contributed by atoms with van der Waals surface area (Å²) in [5, 5.41) is 4.83. The fraction of sp³-hybridized carbons (Fsp3) is 0.333. The van der Waals surface area contributed by atoms with Crippen molar-refractivity contribution in [3.05, 3.63) is 41.6 Å². The van der Waals surface area contributed by atoms with E-state index in [1.165, 1.54) is 6.07 Å². The van der Waals surface area contributed by atoms with Gasteiger partial charge in [-0.05, 0) is 39.0 Å². The second-order valence-electron chi connectivity index (χ2n) is 5.92. The first kappa shape index (κ1) is 16.4. The number of hydrogen-bond acceptors (Lipinski definition) is 3. The molecule has 0 N–H and O–H groups in total. The molecule has 0 aliphatic carbocycles. The van der Waals surface area contributed by atoms with Crippen molar-refractivity contribution in [2.24, 2.45) is 0 Å². The Hall–Kier alpha value is -2.50. The molecule has 0 amide bonds. The molecule has 0 aliphatic rings. The van der Waals surface area contributed by atoms with E-state index in [4.69, 9.17) is 4.74 Å². The van der Waals surface area contributed by atoms with Crippen molar-refractivity contribution < 1.29 is 13.5 Å². The van der Waals surface area contributed by atoms with Crippen LogP contribution in [-0.2, 0) is 0 Å². The topological polar surface area (TPSA) is 39.9 Å². The van der Waals surface area contributed by atoms with Gasteiger partial charge in [0.25, 0.3) is 6.43 Å². The maximum atomic E-state index is 13.7. The zero-order chi connectivity index (χ0) is 17.4. The van der Waals surface area contributed by atoms with Gasteiger partial charge in [-0.3, -0.25) is 0 Å². The van der Waals surface area contributed by atoms with Gasteiger partial charge in [-0.2, -0.15) is 5.10 Å². The van der Waals surface area contributed by atoms with Gasteiger partial charge in [-0.25, -0.2) is 18.4 Å². The number of benzene rings is 1. The van der Waals surface area contributed by atoms with Crippen LogP contribution in [-0.4, -0.2) is 21.9 Å². The Morgan fingerprint density at radius 3 is 2.50 bits per heavy atom. The van der Waals surface area contributed by atoms with Crippen LogP contribution in [0.5, 0.6) is 5.75 Å². The van der Waals surface area contributed by atoms with Crippen LogP contribution >= 0.6 is 0 Å². The van der Waals surface area contributed by atoms with Gasteiger partial charge in [0.2, 0.25) is 0 Å². The summed E-state index contributed by atoms with van der Waals surface area (Å²) < 4.78 is 34.4. The van der Waals surface area contributed by atoms with Gasteiger partial charge in [-0.15, -0.1) is 0 Å². The normalized spacial score (nSPS) is 11.7. The Bertz CT molecular complexity index is 887. The van der Waals surface area contributed by atoms with E-state index in [1.807, 2.05) is 32.0 Å². The average Bonchev–Trinajstić information content (AvgIpc) is 2.91. The van der Waals surface area contributed by atoms with Crippen LogP contribution in [0.25, 0.3) is 22.3 Å². The fourth-order valence-electron chi connectivity index (χ4n) is 2.87. The van der Waals surface area contributed by atoms with Gasteiger partial charge in [0.1, 0.15) is 5.75 Å². The molecule has 2 heterocycles. The van der Waals surface area contributed by atoms with Crippen LogP contribution in [0.3, 0.4) is 0 Å². The minimum atomic E-state index is -2.60. The van der Waals surface area contributed by atoms with Crippen LogP contribution in [0.2, 0.25) is 0 Å². The molecule has 0 unspecified atom stereocenters. The summed E-state index contributed by atoms with van der Waals surface area (Å²) in [5.74, 6) is 0.594. The summed E-state index contributed by atoms with van der Waals surface area (Å²) in [4.78, 5) is 4.63.